The van der Waals surface area contributed by atoms with Crippen LogP contribution in [0, 0.1) is 0 Å². The van der Waals surface area contributed by atoms with Gasteiger partial charge in [0.25, 0.3) is 20.2 Å². The summed E-state index contributed by atoms with van der Waals surface area (Å²) in [5.74, 6) is 0.257. The van der Waals surface area contributed by atoms with Gasteiger partial charge in [-0.2, -0.15) is 16.8 Å². The second-order valence-corrected chi connectivity index (χ2v) is 16.3. The smallest absolute Gasteiger partial charge is 0.295 e. The molecule has 0 aliphatic carbocycles. The van der Waals surface area contributed by atoms with Gasteiger partial charge in [-0.15, -0.1) is 0 Å². The van der Waals surface area contributed by atoms with Crippen LogP contribution in [-0.4, -0.2) is 74.1 Å². The summed E-state index contributed by atoms with van der Waals surface area (Å²) in [4.78, 5) is 14.0. The number of aromatic hydroxyl groups is 1. The zero-order valence-corrected chi connectivity index (χ0v) is 33.6. The lowest BCUT2D eigenvalue weighted by Crippen LogP contribution is -2.27. The number of nitrogens with zero attached hydrogens (tertiary/aromatic N) is 2. The van der Waals surface area contributed by atoms with Gasteiger partial charge < -0.3 is 24.0 Å². The van der Waals surface area contributed by atoms with E-state index in [2.05, 4.69) is 71.1 Å². The molecule has 0 bridgehead atoms. The van der Waals surface area contributed by atoms with Crippen molar-refractivity contribution in [1.29, 1.82) is 0 Å². The molecule has 2 heterocycles. The average molecular weight is 823 g/mol. The van der Waals surface area contributed by atoms with E-state index in [4.69, 9.17) is 18.6 Å². The number of carbonyl (C=O) groups excluding carboxylic acids is 1. The van der Waals surface area contributed by atoms with Crippen molar-refractivity contribution < 1.29 is 45.3 Å². The van der Waals surface area contributed by atoms with Crippen LogP contribution in [0.2, 0.25) is 0 Å². The van der Waals surface area contributed by atoms with Crippen LogP contribution in [0.4, 0.5) is 0 Å². The van der Waals surface area contributed by atoms with E-state index in [1.807, 2.05) is 6.07 Å². The second-order valence-electron chi connectivity index (χ2n) is 13.5. The third-order valence-electron chi connectivity index (χ3n) is 9.71. The van der Waals surface area contributed by atoms with Crippen LogP contribution in [0.3, 0.4) is 0 Å². The van der Waals surface area contributed by atoms with Gasteiger partial charge >= 0.3 is 0 Å². The maximum absolute atomic E-state index is 12.4. The molecule has 1 aliphatic heterocycles. The van der Waals surface area contributed by atoms with Crippen LogP contribution in [0.25, 0.3) is 21.7 Å². The maximum atomic E-state index is 12.4. The minimum absolute atomic E-state index is 0.0233. The summed E-state index contributed by atoms with van der Waals surface area (Å²) < 4.78 is 75.4. The molecule has 0 amide bonds. The summed E-state index contributed by atoms with van der Waals surface area (Å²) in [6, 6.07) is 38.8. The molecule has 0 radical (unpaired) electrons. The van der Waals surface area contributed by atoms with E-state index in [0.29, 0.717) is 11.3 Å². The Labute approximate surface area is 337 Å². The number of ether oxygens (including phenoxy) is 2. The van der Waals surface area contributed by atoms with E-state index in [0.717, 1.165) is 38.2 Å². The number of hydrogen-bond acceptors (Lipinski definition) is 9. The predicted octanol–water partition coefficient (Wildman–Crippen LogP) is 7.65. The third kappa shape index (κ3) is 9.23. The van der Waals surface area contributed by atoms with Gasteiger partial charge in [0.2, 0.25) is 5.78 Å². The van der Waals surface area contributed by atoms with Gasteiger partial charge in [0.15, 0.2) is 0 Å². The average Bonchev–Trinajstić information content (AvgIpc) is 3.52. The second kappa shape index (κ2) is 17.6. The van der Waals surface area contributed by atoms with Crippen molar-refractivity contribution in [2.24, 2.45) is 0 Å². The van der Waals surface area contributed by atoms with Crippen molar-refractivity contribution in [3.63, 3.8) is 0 Å². The van der Waals surface area contributed by atoms with Gasteiger partial charge in [-0.25, -0.2) is 0 Å². The number of likely N-dealkylation sites (N-methyl/N-ethyl adjacent to an activating group) is 1. The molecular formula is C44H42N2O10S2. The lowest BCUT2D eigenvalue weighted by molar-refractivity contribution is 0.103. The molecule has 0 unspecified atom stereocenters. The molecule has 0 fully saturated rings. The highest BCUT2D eigenvalue weighted by molar-refractivity contribution is 7.86. The number of benzene rings is 6. The summed E-state index contributed by atoms with van der Waals surface area (Å²) in [5.41, 5.74) is 6.42. The Bertz CT molecular complexity index is 2740. The normalized spacial score (nSPS) is 12.8. The molecule has 0 spiro atoms. The van der Waals surface area contributed by atoms with Crippen molar-refractivity contribution in [3.8, 4) is 17.2 Å². The lowest BCUT2D eigenvalue weighted by Gasteiger charge is -2.24. The van der Waals surface area contributed by atoms with E-state index in [9.17, 15) is 26.7 Å². The number of rotatable bonds is 8. The Kier molecular flexibility index (Phi) is 12.6. The van der Waals surface area contributed by atoms with Crippen LogP contribution in [0.5, 0.6) is 17.2 Å². The third-order valence-corrected chi connectivity index (χ3v) is 11.5. The summed E-state index contributed by atoms with van der Waals surface area (Å²) in [5, 5.41) is 11.5. The first-order valence-corrected chi connectivity index (χ1v) is 20.9. The largest absolute Gasteiger partial charge is 0.507 e. The highest BCUT2D eigenvalue weighted by atomic mass is 32.2. The number of phenolic OH excluding ortho intramolecular Hbond substituents is 1. The van der Waals surface area contributed by atoms with E-state index < -0.39 is 30.0 Å². The van der Waals surface area contributed by atoms with E-state index in [1.165, 1.54) is 72.3 Å². The minimum Gasteiger partial charge on any atom is -0.507 e. The fraction of sp³-hybridized carbons (Fsp3) is 0.159. The quantitative estimate of drug-likeness (QED) is 0.102. The van der Waals surface area contributed by atoms with Gasteiger partial charge in [-0.05, 0) is 36.4 Å². The van der Waals surface area contributed by atoms with E-state index in [1.54, 1.807) is 30.3 Å². The van der Waals surface area contributed by atoms with Gasteiger partial charge in [0, 0.05) is 71.1 Å². The molecule has 1 aliphatic rings. The number of carbonyl (C=O) groups is 1. The molecule has 8 rings (SSSR count). The number of fused-ring (bicyclic) bond motifs is 4. The summed E-state index contributed by atoms with van der Waals surface area (Å²) >= 11 is 0. The Morgan fingerprint density at radius 3 is 1.81 bits per heavy atom. The Balaban J connectivity index is 0.000000147. The van der Waals surface area contributed by atoms with Gasteiger partial charge in [0.05, 0.1) is 14.2 Å². The van der Waals surface area contributed by atoms with E-state index in [-0.39, 0.29) is 33.6 Å². The first-order chi connectivity index (χ1) is 27.7. The number of aromatic nitrogens is 1. The van der Waals surface area contributed by atoms with Gasteiger partial charge in [0.1, 0.15) is 32.6 Å². The van der Waals surface area contributed by atoms with Gasteiger partial charge in [-0.1, -0.05) is 103 Å². The monoisotopic (exact) mass is 822 g/mol. The van der Waals surface area contributed by atoms with Crippen LogP contribution in [-0.2, 0) is 39.7 Å². The molecule has 3 N–H and O–H groups in total. The lowest BCUT2D eigenvalue weighted by atomic mass is 10.0. The van der Waals surface area contributed by atoms with Crippen molar-refractivity contribution >= 4 is 47.7 Å². The van der Waals surface area contributed by atoms with Crippen molar-refractivity contribution in [2.45, 2.75) is 29.3 Å². The number of hydrogen-bond donors (Lipinski definition) is 3. The first-order valence-electron chi connectivity index (χ1n) is 18.0. The molecule has 6 aromatic carbocycles. The van der Waals surface area contributed by atoms with Gasteiger partial charge in [-0.3, -0.25) is 13.9 Å². The molecule has 58 heavy (non-hydrogen) atoms. The first kappa shape index (κ1) is 41.6. The van der Waals surface area contributed by atoms with Crippen molar-refractivity contribution in [2.75, 3.05) is 27.8 Å². The van der Waals surface area contributed by atoms with Crippen LogP contribution >= 0.6 is 0 Å². The zero-order valence-electron chi connectivity index (χ0n) is 31.9. The minimum atomic E-state index is -4.47. The highest BCUT2D eigenvalue weighted by Gasteiger charge is 2.23. The standard InChI is InChI=1S/C19H20N2.C15H14O4.C10H8O6S2/c1-20-12-11-19-17(14-20)16-9-5-6-10-18(16)21(19)13-15-7-3-2-4-8-15;1-18-11-8-12(16)14(13(9-11)19-2)15(17)10-6-4-3-5-7-10;11-17(12,13)9-5-1-3-7-8(9)4-2-6-10(7)18(14,15)16/h2-10H,11-14H2,1H3;3-9,16H,1-2H3;1-6H,(H,11,12,13)(H,14,15,16). The molecule has 1 aromatic heterocycles. The Hall–Kier alpha value is -6.03. The molecule has 12 nitrogen and oxygen atoms in total. The highest BCUT2D eigenvalue weighted by Crippen LogP contribution is 2.35. The van der Waals surface area contributed by atoms with Crippen LogP contribution < -0.4 is 9.47 Å². The summed E-state index contributed by atoms with van der Waals surface area (Å²) in [6.45, 7) is 3.19. The fourth-order valence-corrected chi connectivity index (χ4v) is 8.41. The van der Waals surface area contributed by atoms with Crippen LogP contribution in [0.15, 0.2) is 143 Å². The Morgan fingerprint density at radius 1 is 0.690 bits per heavy atom. The van der Waals surface area contributed by atoms with Crippen LogP contribution in [0.1, 0.15) is 32.7 Å². The topological polar surface area (TPSA) is 173 Å². The number of methoxy groups -OCH3 is 2. The summed E-state index contributed by atoms with van der Waals surface area (Å²) in [7, 11) is -3.80. The molecular weight excluding hydrogens is 781 g/mol. The Morgan fingerprint density at radius 2 is 1.24 bits per heavy atom. The summed E-state index contributed by atoms with van der Waals surface area (Å²) in [6.07, 6.45) is 1.15. The van der Waals surface area contributed by atoms with E-state index >= 15 is 0 Å². The SMILES string of the molecule is CN1CCc2c(c3ccccc3n2Cc2ccccc2)C1.COc1cc(O)c(C(=O)c2ccccc2)c(OC)c1.O=S(=O)(O)c1cccc2c(S(=O)(=O)O)cccc12. The number of para-hydroxylation sites is 1. The molecule has 0 atom stereocenters. The zero-order chi connectivity index (χ0) is 41.6. The maximum Gasteiger partial charge on any atom is 0.295 e. The fourth-order valence-electron chi connectivity index (χ4n) is 7.00. The predicted molar refractivity (Wildman–Crippen MR) is 222 cm³/mol. The molecule has 7 aromatic rings. The molecule has 300 valence electrons. The number of ketones is 1. The van der Waals surface area contributed by atoms with Crippen molar-refractivity contribution in [1.82, 2.24) is 9.47 Å². The van der Waals surface area contributed by atoms with Crippen molar-refractivity contribution in [3.05, 3.63) is 161 Å². The molecule has 0 saturated heterocycles. The number of phenols is 1. The molecule has 14 heteroatoms. The molecule has 0 saturated carbocycles.